The van der Waals surface area contributed by atoms with E-state index < -0.39 is 0 Å². The van der Waals surface area contributed by atoms with Gasteiger partial charge in [-0.15, -0.1) is 0 Å². The number of nitrogens with one attached hydrogen (secondary N) is 2. The van der Waals surface area contributed by atoms with E-state index in [-0.39, 0.29) is 0 Å². The number of ether oxygens (including phenoxy) is 1. The van der Waals surface area contributed by atoms with E-state index in [1.807, 2.05) is 18.2 Å². The van der Waals surface area contributed by atoms with Crippen molar-refractivity contribution in [1.82, 2.24) is 10.6 Å². The summed E-state index contributed by atoms with van der Waals surface area (Å²) in [5.74, 6) is 1.76. The molecular weight excluding hydrogens is 344 g/mol. The van der Waals surface area contributed by atoms with Gasteiger partial charge in [-0.25, -0.2) is 0 Å². The van der Waals surface area contributed by atoms with Crippen LogP contribution in [0.2, 0.25) is 0 Å². The van der Waals surface area contributed by atoms with E-state index in [1.54, 1.807) is 0 Å². The summed E-state index contributed by atoms with van der Waals surface area (Å²) in [5.41, 5.74) is 3.91. The highest BCUT2D eigenvalue weighted by molar-refractivity contribution is 5.35. The van der Waals surface area contributed by atoms with Crippen LogP contribution >= 0.6 is 0 Å². The summed E-state index contributed by atoms with van der Waals surface area (Å²) in [7, 11) is 0. The Morgan fingerprint density at radius 1 is 0.893 bits per heavy atom. The Balaban J connectivity index is 1.38. The van der Waals surface area contributed by atoms with Crippen molar-refractivity contribution in [2.24, 2.45) is 0 Å². The highest BCUT2D eigenvalue weighted by Gasteiger charge is 2.27. The molecule has 0 aromatic heterocycles. The van der Waals surface area contributed by atoms with Crippen LogP contribution < -0.4 is 15.4 Å². The molecule has 3 heteroatoms. The van der Waals surface area contributed by atoms with Gasteiger partial charge >= 0.3 is 0 Å². The first-order chi connectivity index (χ1) is 13.8. The summed E-state index contributed by atoms with van der Waals surface area (Å²) in [4.78, 5) is 0. The molecule has 0 saturated carbocycles. The van der Waals surface area contributed by atoms with E-state index in [0.29, 0.717) is 12.1 Å². The minimum atomic E-state index is 0.373. The van der Waals surface area contributed by atoms with E-state index >= 15 is 0 Å². The second-order valence-electron chi connectivity index (χ2n) is 7.37. The standard InChI is InChI=1S/C25H28N2O/c1-2-19-11-13-22(14-12-19)28-23-10-6-7-20(17-23)18-27-24-15-16-26-25(24)21-8-4-3-5-9-21/h3-14,17,24-27H,2,15-16,18H2,1H3/t24-,25-/m1/s1. The molecule has 3 nitrogen and oxygen atoms in total. The minimum absolute atomic E-state index is 0.373. The van der Waals surface area contributed by atoms with Crippen molar-refractivity contribution in [3.63, 3.8) is 0 Å². The molecule has 3 aromatic carbocycles. The summed E-state index contributed by atoms with van der Waals surface area (Å²) < 4.78 is 6.04. The molecule has 1 fully saturated rings. The molecule has 0 unspecified atom stereocenters. The quantitative estimate of drug-likeness (QED) is 0.595. The summed E-state index contributed by atoms with van der Waals surface area (Å²) >= 11 is 0. The summed E-state index contributed by atoms with van der Waals surface area (Å²) in [6, 6.07) is 28.2. The molecule has 1 aliphatic heterocycles. The second-order valence-corrected chi connectivity index (χ2v) is 7.37. The molecule has 0 aliphatic carbocycles. The van der Waals surface area contributed by atoms with Gasteiger partial charge in [0, 0.05) is 18.6 Å². The molecule has 144 valence electrons. The molecule has 1 saturated heterocycles. The maximum absolute atomic E-state index is 6.04. The fourth-order valence-corrected chi connectivity index (χ4v) is 3.83. The molecule has 1 heterocycles. The lowest BCUT2D eigenvalue weighted by atomic mass is 10.0. The lowest BCUT2D eigenvalue weighted by Gasteiger charge is -2.21. The van der Waals surface area contributed by atoms with Crippen LogP contribution in [0.3, 0.4) is 0 Å². The highest BCUT2D eigenvalue weighted by Crippen LogP contribution is 2.25. The molecule has 1 aliphatic rings. The Morgan fingerprint density at radius 2 is 1.71 bits per heavy atom. The fourth-order valence-electron chi connectivity index (χ4n) is 3.83. The topological polar surface area (TPSA) is 33.3 Å². The van der Waals surface area contributed by atoms with Crippen molar-refractivity contribution in [3.05, 3.63) is 95.6 Å². The van der Waals surface area contributed by atoms with Crippen LogP contribution in [0.25, 0.3) is 0 Å². The van der Waals surface area contributed by atoms with Crippen molar-refractivity contribution < 1.29 is 4.74 Å². The van der Waals surface area contributed by atoms with E-state index in [9.17, 15) is 0 Å². The van der Waals surface area contributed by atoms with Gasteiger partial charge in [-0.2, -0.15) is 0 Å². The fraction of sp³-hybridized carbons (Fsp3) is 0.280. The molecule has 28 heavy (non-hydrogen) atoms. The van der Waals surface area contributed by atoms with Gasteiger partial charge in [0.15, 0.2) is 0 Å². The molecule has 0 bridgehead atoms. The maximum Gasteiger partial charge on any atom is 0.127 e. The van der Waals surface area contributed by atoms with Crippen LogP contribution in [-0.2, 0) is 13.0 Å². The van der Waals surface area contributed by atoms with E-state index in [1.165, 1.54) is 16.7 Å². The number of benzene rings is 3. The van der Waals surface area contributed by atoms with Gasteiger partial charge in [0.1, 0.15) is 11.5 Å². The zero-order valence-electron chi connectivity index (χ0n) is 16.4. The number of hydrogen-bond acceptors (Lipinski definition) is 3. The lowest BCUT2D eigenvalue weighted by Crippen LogP contribution is -2.33. The van der Waals surface area contributed by atoms with Crippen LogP contribution in [0.4, 0.5) is 0 Å². The van der Waals surface area contributed by atoms with Crippen LogP contribution in [0, 0.1) is 0 Å². The third-order valence-corrected chi connectivity index (χ3v) is 5.41. The van der Waals surface area contributed by atoms with Crippen LogP contribution in [0.5, 0.6) is 11.5 Å². The highest BCUT2D eigenvalue weighted by atomic mass is 16.5. The van der Waals surface area contributed by atoms with E-state index in [2.05, 4.69) is 78.2 Å². The van der Waals surface area contributed by atoms with Gasteiger partial charge in [0.25, 0.3) is 0 Å². The van der Waals surface area contributed by atoms with E-state index in [0.717, 1.165) is 37.4 Å². The van der Waals surface area contributed by atoms with Gasteiger partial charge < -0.3 is 15.4 Å². The average molecular weight is 373 g/mol. The molecule has 2 N–H and O–H groups in total. The smallest absolute Gasteiger partial charge is 0.127 e. The maximum atomic E-state index is 6.04. The zero-order chi connectivity index (χ0) is 19.2. The molecular formula is C25H28N2O. The summed E-state index contributed by atoms with van der Waals surface area (Å²) in [6.45, 7) is 4.05. The number of hydrogen-bond donors (Lipinski definition) is 2. The first-order valence-corrected chi connectivity index (χ1v) is 10.2. The normalized spacial score (nSPS) is 18.9. The van der Waals surface area contributed by atoms with Crippen molar-refractivity contribution in [2.75, 3.05) is 6.54 Å². The van der Waals surface area contributed by atoms with Gasteiger partial charge in [-0.05, 0) is 60.3 Å². The minimum Gasteiger partial charge on any atom is -0.457 e. The largest absolute Gasteiger partial charge is 0.457 e. The molecule has 4 rings (SSSR count). The van der Waals surface area contributed by atoms with Crippen molar-refractivity contribution in [1.29, 1.82) is 0 Å². The van der Waals surface area contributed by atoms with Crippen molar-refractivity contribution in [2.45, 2.75) is 38.4 Å². The monoisotopic (exact) mass is 372 g/mol. The van der Waals surface area contributed by atoms with Crippen LogP contribution in [-0.4, -0.2) is 12.6 Å². The third-order valence-electron chi connectivity index (χ3n) is 5.41. The molecule has 2 atom stereocenters. The molecule has 3 aromatic rings. The first-order valence-electron chi connectivity index (χ1n) is 10.2. The Bertz CT molecular complexity index is 877. The van der Waals surface area contributed by atoms with Gasteiger partial charge in [-0.1, -0.05) is 61.5 Å². The number of rotatable bonds is 7. The Kier molecular flexibility index (Phi) is 6.05. The molecule has 0 radical (unpaired) electrons. The van der Waals surface area contributed by atoms with Gasteiger partial charge in [0.2, 0.25) is 0 Å². The Hall–Kier alpha value is -2.62. The Morgan fingerprint density at radius 3 is 2.50 bits per heavy atom. The number of aryl methyl sites for hydroxylation is 1. The molecule has 0 amide bonds. The van der Waals surface area contributed by atoms with Crippen LogP contribution in [0.15, 0.2) is 78.9 Å². The van der Waals surface area contributed by atoms with Crippen molar-refractivity contribution in [3.8, 4) is 11.5 Å². The predicted octanol–water partition coefficient (Wildman–Crippen LogP) is 5.23. The Labute approximate surface area is 167 Å². The second kappa shape index (κ2) is 9.05. The van der Waals surface area contributed by atoms with Gasteiger partial charge in [-0.3, -0.25) is 0 Å². The zero-order valence-corrected chi connectivity index (χ0v) is 16.4. The first kappa shape index (κ1) is 18.7. The predicted molar refractivity (Wildman–Crippen MR) is 115 cm³/mol. The van der Waals surface area contributed by atoms with Gasteiger partial charge in [0.05, 0.1) is 0 Å². The van der Waals surface area contributed by atoms with E-state index in [4.69, 9.17) is 4.74 Å². The average Bonchev–Trinajstić information content (AvgIpc) is 3.22. The SMILES string of the molecule is CCc1ccc(Oc2cccc(CN[C@@H]3CCN[C@@H]3c3ccccc3)c2)cc1. The summed E-state index contributed by atoms with van der Waals surface area (Å²) in [6.07, 6.45) is 2.18. The lowest BCUT2D eigenvalue weighted by molar-refractivity contribution is 0.458. The molecule has 0 spiro atoms. The van der Waals surface area contributed by atoms with Crippen molar-refractivity contribution >= 4 is 0 Å². The third kappa shape index (κ3) is 4.61. The summed E-state index contributed by atoms with van der Waals surface area (Å²) in [5, 5.41) is 7.36. The van der Waals surface area contributed by atoms with Crippen LogP contribution in [0.1, 0.15) is 36.1 Å².